The van der Waals surface area contributed by atoms with Gasteiger partial charge in [-0.25, -0.2) is 4.98 Å². The molecule has 0 aliphatic carbocycles. The minimum absolute atomic E-state index is 0.262. The second-order valence-electron chi connectivity index (χ2n) is 6.61. The Hall–Kier alpha value is -2.34. The summed E-state index contributed by atoms with van der Waals surface area (Å²) in [6.45, 7) is 5.19. The molecule has 1 aliphatic heterocycles. The number of hydrogen-bond donors (Lipinski definition) is 0. The van der Waals surface area contributed by atoms with Gasteiger partial charge in [-0.15, -0.1) is 0 Å². The number of esters is 3. The summed E-state index contributed by atoms with van der Waals surface area (Å²) in [5.41, 5.74) is 9.11. The SMILES string of the molecule is CC(=O)OCC1O[C@H](Sc2cc(C)cnc2Br)C(OC(C)=O)C(N=[N+]=[N-])[C@H]1OC(C)=O. The predicted octanol–water partition coefficient (Wildman–Crippen LogP) is 3.07. The minimum atomic E-state index is -1.15. The lowest BCUT2D eigenvalue weighted by molar-refractivity contribution is -0.201. The molecule has 1 saturated heterocycles. The standard InChI is InChI=1S/C18H21BrN4O7S/c1-8-5-13(17(19)21-6-8)31-18-16(29-11(4)26)14(22-23-20)15(28-10(3)25)12(30-18)7-27-9(2)24/h5-6,12,14-16,18H,7H2,1-4H3/t12?,14?,15-,16?,18+/m0/s1. The summed E-state index contributed by atoms with van der Waals surface area (Å²) in [5.74, 6) is -1.88. The van der Waals surface area contributed by atoms with Crippen molar-refractivity contribution in [3.05, 3.63) is 32.9 Å². The van der Waals surface area contributed by atoms with E-state index in [9.17, 15) is 14.4 Å². The summed E-state index contributed by atoms with van der Waals surface area (Å²) in [5, 5.41) is 3.73. The first-order valence-corrected chi connectivity index (χ1v) is 10.8. The number of azide groups is 1. The molecule has 0 amide bonds. The molecule has 3 unspecified atom stereocenters. The van der Waals surface area contributed by atoms with Crippen LogP contribution in [0.25, 0.3) is 10.4 Å². The van der Waals surface area contributed by atoms with Crippen molar-refractivity contribution in [3.63, 3.8) is 0 Å². The normalized spacial score (nSPS) is 25.1. The van der Waals surface area contributed by atoms with Crippen molar-refractivity contribution in [2.24, 2.45) is 5.11 Å². The van der Waals surface area contributed by atoms with Crippen LogP contribution < -0.4 is 0 Å². The number of aryl methyl sites for hydroxylation is 1. The molecule has 31 heavy (non-hydrogen) atoms. The zero-order valence-corrected chi connectivity index (χ0v) is 19.6. The fourth-order valence-corrected chi connectivity index (χ4v) is 4.60. The number of rotatable bonds is 7. The molecular weight excluding hydrogens is 496 g/mol. The highest BCUT2D eigenvalue weighted by molar-refractivity contribution is 9.10. The van der Waals surface area contributed by atoms with E-state index >= 15 is 0 Å². The van der Waals surface area contributed by atoms with Crippen molar-refractivity contribution in [3.8, 4) is 0 Å². The zero-order valence-electron chi connectivity index (χ0n) is 17.2. The topological polar surface area (TPSA) is 150 Å². The van der Waals surface area contributed by atoms with Crippen LogP contribution in [0.3, 0.4) is 0 Å². The van der Waals surface area contributed by atoms with Crippen LogP contribution in [-0.2, 0) is 33.3 Å². The van der Waals surface area contributed by atoms with Gasteiger partial charge in [0, 0.05) is 36.8 Å². The Labute approximate surface area is 190 Å². The number of carbonyl (C=O) groups is 3. The van der Waals surface area contributed by atoms with E-state index < -0.39 is 47.7 Å². The molecule has 0 N–H and O–H groups in total. The Morgan fingerprint density at radius 3 is 2.45 bits per heavy atom. The zero-order chi connectivity index (χ0) is 23.1. The number of aromatic nitrogens is 1. The van der Waals surface area contributed by atoms with E-state index in [1.165, 1.54) is 32.5 Å². The Balaban J connectivity index is 2.47. The molecule has 1 aliphatic rings. The lowest BCUT2D eigenvalue weighted by Crippen LogP contribution is -2.59. The van der Waals surface area contributed by atoms with Gasteiger partial charge in [0.2, 0.25) is 0 Å². The van der Waals surface area contributed by atoms with Gasteiger partial charge in [0.15, 0.2) is 0 Å². The van der Waals surface area contributed by atoms with Gasteiger partial charge in [0.1, 0.15) is 41.0 Å². The van der Waals surface area contributed by atoms with Crippen molar-refractivity contribution in [2.75, 3.05) is 6.61 Å². The van der Waals surface area contributed by atoms with Crippen LogP contribution in [0.4, 0.5) is 0 Å². The van der Waals surface area contributed by atoms with E-state index in [0.717, 1.165) is 5.56 Å². The largest absolute Gasteiger partial charge is 0.463 e. The average molecular weight is 517 g/mol. The van der Waals surface area contributed by atoms with Crippen LogP contribution in [0.2, 0.25) is 0 Å². The number of thioether (sulfide) groups is 1. The predicted molar refractivity (Wildman–Crippen MR) is 112 cm³/mol. The van der Waals surface area contributed by atoms with Gasteiger partial charge in [0.05, 0.1) is 0 Å². The van der Waals surface area contributed by atoms with E-state index in [2.05, 4.69) is 30.9 Å². The molecule has 0 spiro atoms. The summed E-state index contributed by atoms with van der Waals surface area (Å²) in [6, 6.07) is 0.721. The molecule has 5 atom stereocenters. The third-order valence-corrected chi connectivity index (χ3v) is 6.11. The molecule has 2 heterocycles. The van der Waals surface area contributed by atoms with Crippen molar-refractivity contribution >= 4 is 45.6 Å². The molecule has 2 rings (SSSR count). The van der Waals surface area contributed by atoms with Crippen LogP contribution in [0.1, 0.15) is 26.3 Å². The van der Waals surface area contributed by atoms with E-state index in [-0.39, 0.29) is 6.61 Å². The molecule has 0 aromatic carbocycles. The monoisotopic (exact) mass is 516 g/mol. The molecule has 1 fully saturated rings. The second kappa shape index (κ2) is 11.3. The van der Waals surface area contributed by atoms with Crippen LogP contribution in [-0.4, -0.2) is 59.3 Å². The van der Waals surface area contributed by atoms with Gasteiger partial charge in [-0.3, -0.25) is 14.4 Å². The highest BCUT2D eigenvalue weighted by atomic mass is 79.9. The van der Waals surface area contributed by atoms with Gasteiger partial charge in [-0.2, -0.15) is 0 Å². The van der Waals surface area contributed by atoms with Gasteiger partial charge >= 0.3 is 17.9 Å². The van der Waals surface area contributed by atoms with Crippen LogP contribution >= 0.6 is 27.7 Å². The third-order valence-electron chi connectivity index (χ3n) is 4.04. The van der Waals surface area contributed by atoms with Crippen molar-refractivity contribution in [1.82, 2.24) is 4.98 Å². The molecular formula is C18H21BrN4O7S. The molecule has 0 bridgehead atoms. The Kier molecular flexibility index (Phi) is 9.11. The first-order valence-electron chi connectivity index (χ1n) is 9.08. The van der Waals surface area contributed by atoms with Crippen LogP contribution in [0.5, 0.6) is 0 Å². The number of pyridine rings is 1. The first-order chi connectivity index (χ1) is 14.6. The smallest absolute Gasteiger partial charge is 0.303 e. The Morgan fingerprint density at radius 2 is 1.87 bits per heavy atom. The second-order valence-corrected chi connectivity index (χ2v) is 8.50. The lowest BCUT2D eigenvalue weighted by Gasteiger charge is -2.43. The minimum Gasteiger partial charge on any atom is -0.463 e. The molecule has 1 aromatic heterocycles. The fourth-order valence-electron chi connectivity index (χ4n) is 2.90. The molecule has 1 aromatic rings. The molecule has 0 saturated carbocycles. The quantitative estimate of drug-likeness (QED) is 0.133. The van der Waals surface area contributed by atoms with Gasteiger partial charge in [-0.05, 0) is 40.0 Å². The van der Waals surface area contributed by atoms with Crippen LogP contribution in [0.15, 0.2) is 26.9 Å². The van der Waals surface area contributed by atoms with Crippen molar-refractivity contribution in [2.45, 2.75) is 62.4 Å². The maximum atomic E-state index is 11.8. The van der Waals surface area contributed by atoms with Gasteiger partial charge in [-0.1, -0.05) is 16.9 Å². The maximum absolute atomic E-state index is 11.8. The van der Waals surface area contributed by atoms with E-state index in [1.807, 2.05) is 13.0 Å². The van der Waals surface area contributed by atoms with Crippen LogP contribution in [0, 0.1) is 6.92 Å². The fraction of sp³-hybridized carbons (Fsp3) is 0.556. The average Bonchev–Trinajstić information content (AvgIpc) is 2.67. The maximum Gasteiger partial charge on any atom is 0.303 e. The summed E-state index contributed by atoms with van der Waals surface area (Å²) < 4.78 is 22.3. The Bertz CT molecular complexity index is 896. The van der Waals surface area contributed by atoms with E-state index in [0.29, 0.717) is 9.50 Å². The lowest BCUT2D eigenvalue weighted by atomic mass is 9.97. The van der Waals surface area contributed by atoms with Crippen molar-refractivity contribution in [1.29, 1.82) is 0 Å². The summed E-state index contributed by atoms with van der Waals surface area (Å²) in [6.07, 6.45) is -1.54. The number of nitrogens with zero attached hydrogens (tertiary/aromatic N) is 4. The highest BCUT2D eigenvalue weighted by Crippen LogP contribution is 2.39. The summed E-state index contributed by atoms with van der Waals surface area (Å²) >= 11 is 4.54. The number of halogens is 1. The number of hydrogen-bond acceptors (Lipinski definition) is 10. The molecule has 13 heteroatoms. The first kappa shape index (κ1) is 24.9. The Morgan fingerprint density at radius 1 is 1.23 bits per heavy atom. The molecule has 11 nitrogen and oxygen atoms in total. The number of carbonyl (C=O) groups excluding carboxylic acids is 3. The van der Waals surface area contributed by atoms with Crippen molar-refractivity contribution < 1.29 is 33.3 Å². The van der Waals surface area contributed by atoms with Gasteiger partial charge < -0.3 is 18.9 Å². The summed E-state index contributed by atoms with van der Waals surface area (Å²) in [7, 11) is 0. The molecule has 0 radical (unpaired) electrons. The third kappa shape index (κ3) is 7.10. The van der Waals surface area contributed by atoms with Gasteiger partial charge in [0.25, 0.3) is 0 Å². The number of ether oxygens (including phenoxy) is 4. The van der Waals surface area contributed by atoms with E-state index in [1.54, 1.807) is 6.20 Å². The summed E-state index contributed by atoms with van der Waals surface area (Å²) in [4.78, 5) is 42.5. The van der Waals surface area contributed by atoms with E-state index in [4.69, 9.17) is 24.5 Å². The molecule has 168 valence electrons. The highest BCUT2D eigenvalue weighted by Gasteiger charge is 2.50.